The summed E-state index contributed by atoms with van der Waals surface area (Å²) in [6, 6.07) is 6.25. The fourth-order valence-electron chi connectivity index (χ4n) is 2.73. The lowest BCUT2D eigenvalue weighted by Gasteiger charge is -2.30. The molecule has 1 amide bonds. The Labute approximate surface area is 134 Å². The molecule has 0 N–H and O–H groups in total. The highest BCUT2D eigenvalue weighted by Crippen LogP contribution is 2.22. The topological polar surface area (TPSA) is 59.2 Å². The van der Waals surface area contributed by atoms with Gasteiger partial charge in [-0.3, -0.25) is 4.79 Å². The zero-order valence-corrected chi connectivity index (χ0v) is 13.2. The van der Waals surface area contributed by atoms with Crippen molar-refractivity contribution in [3.8, 4) is 11.5 Å². The van der Waals surface area contributed by atoms with Crippen LogP contribution < -0.4 is 0 Å². The van der Waals surface area contributed by atoms with Crippen LogP contribution in [-0.2, 0) is 11.2 Å². The van der Waals surface area contributed by atoms with Crippen molar-refractivity contribution in [3.05, 3.63) is 36.0 Å². The number of nitrogens with zero attached hydrogens (tertiary/aromatic N) is 3. The third-order valence-corrected chi connectivity index (χ3v) is 4.26. The SMILES string of the molecule is CC1CCN(C(=O)CCc2nnc(-c3ccccc3F)o2)CC1. The average molecular weight is 317 g/mol. The first kappa shape index (κ1) is 15.6. The van der Waals surface area contributed by atoms with Crippen LogP contribution in [0.3, 0.4) is 0 Å². The van der Waals surface area contributed by atoms with Gasteiger partial charge in [-0.25, -0.2) is 4.39 Å². The Morgan fingerprint density at radius 3 is 2.78 bits per heavy atom. The molecule has 23 heavy (non-hydrogen) atoms. The molecule has 2 heterocycles. The van der Waals surface area contributed by atoms with Gasteiger partial charge in [0.1, 0.15) is 5.82 Å². The molecule has 6 heteroatoms. The lowest BCUT2D eigenvalue weighted by atomic mass is 9.99. The highest BCUT2D eigenvalue weighted by Gasteiger charge is 2.21. The van der Waals surface area contributed by atoms with Gasteiger partial charge in [0.15, 0.2) is 0 Å². The van der Waals surface area contributed by atoms with Crippen LogP contribution in [0.5, 0.6) is 0 Å². The van der Waals surface area contributed by atoms with E-state index in [1.807, 2.05) is 4.90 Å². The number of hydrogen-bond acceptors (Lipinski definition) is 4. The summed E-state index contributed by atoms with van der Waals surface area (Å²) in [5.41, 5.74) is 0.280. The molecule has 0 bridgehead atoms. The van der Waals surface area contributed by atoms with E-state index in [4.69, 9.17) is 4.42 Å². The Morgan fingerprint density at radius 1 is 1.30 bits per heavy atom. The molecule has 0 aliphatic carbocycles. The highest BCUT2D eigenvalue weighted by molar-refractivity contribution is 5.76. The molecule has 0 radical (unpaired) electrons. The maximum absolute atomic E-state index is 13.7. The monoisotopic (exact) mass is 317 g/mol. The van der Waals surface area contributed by atoms with Gasteiger partial charge in [-0.05, 0) is 30.9 Å². The van der Waals surface area contributed by atoms with Crippen LogP contribution in [-0.4, -0.2) is 34.1 Å². The van der Waals surface area contributed by atoms with Gasteiger partial charge < -0.3 is 9.32 Å². The second kappa shape index (κ2) is 6.89. The third kappa shape index (κ3) is 3.75. The van der Waals surface area contributed by atoms with E-state index in [1.54, 1.807) is 18.2 Å². The Balaban J connectivity index is 1.57. The summed E-state index contributed by atoms with van der Waals surface area (Å²) >= 11 is 0. The Morgan fingerprint density at radius 2 is 2.04 bits per heavy atom. The van der Waals surface area contributed by atoms with Gasteiger partial charge in [-0.1, -0.05) is 19.1 Å². The number of benzene rings is 1. The first-order chi connectivity index (χ1) is 11.1. The number of piperidine rings is 1. The minimum atomic E-state index is -0.402. The lowest BCUT2D eigenvalue weighted by Crippen LogP contribution is -2.38. The molecule has 1 aromatic heterocycles. The Kier molecular flexibility index (Phi) is 4.69. The van der Waals surface area contributed by atoms with Crippen molar-refractivity contribution in [2.45, 2.75) is 32.6 Å². The van der Waals surface area contributed by atoms with Gasteiger partial charge in [0.2, 0.25) is 11.8 Å². The van der Waals surface area contributed by atoms with Crippen molar-refractivity contribution in [2.75, 3.05) is 13.1 Å². The van der Waals surface area contributed by atoms with Crippen LogP contribution >= 0.6 is 0 Å². The molecule has 1 aromatic carbocycles. The second-order valence-electron chi connectivity index (χ2n) is 6.04. The summed E-state index contributed by atoms with van der Waals surface area (Å²) in [4.78, 5) is 14.1. The number of likely N-dealkylation sites (tertiary alicyclic amines) is 1. The maximum atomic E-state index is 13.7. The first-order valence-corrected chi connectivity index (χ1v) is 7.98. The largest absolute Gasteiger partial charge is 0.421 e. The molecule has 1 saturated heterocycles. The zero-order valence-electron chi connectivity index (χ0n) is 13.2. The minimum absolute atomic E-state index is 0.113. The number of aryl methyl sites for hydroxylation is 1. The summed E-state index contributed by atoms with van der Waals surface area (Å²) in [5.74, 6) is 0.918. The maximum Gasteiger partial charge on any atom is 0.250 e. The quantitative estimate of drug-likeness (QED) is 0.869. The number of aromatic nitrogens is 2. The number of amides is 1. The van der Waals surface area contributed by atoms with Crippen molar-refractivity contribution in [3.63, 3.8) is 0 Å². The molecule has 1 aliphatic rings. The molecular weight excluding hydrogens is 297 g/mol. The summed E-state index contributed by atoms with van der Waals surface area (Å²) in [5, 5.41) is 7.77. The van der Waals surface area contributed by atoms with E-state index >= 15 is 0 Å². The van der Waals surface area contributed by atoms with Gasteiger partial charge in [0.25, 0.3) is 5.89 Å². The molecule has 0 atom stereocenters. The third-order valence-electron chi connectivity index (χ3n) is 4.26. The van der Waals surface area contributed by atoms with Crippen LogP contribution in [0.1, 0.15) is 32.1 Å². The number of carbonyl (C=O) groups excluding carboxylic acids is 1. The predicted molar refractivity (Wildman–Crippen MR) is 83.0 cm³/mol. The standard InChI is InChI=1S/C17H20FN3O2/c1-12-8-10-21(11-9-12)16(22)7-6-15-19-20-17(23-15)13-4-2-3-5-14(13)18/h2-5,12H,6-11H2,1H3. The molecule has 3 rings (SSSR count). The van der Waals surface area contributed by atoms with Crippen molar-refractivity contribution >= 4 is 5.91 Å². The summed E-state index contributed by atoms with van der Waals surface area (Å²) < 4.78 is 19.2. The van der Waals surface area contributed by atoms with Crippen molar-refractivity contribution in [1.82, 2.24) is 15.1 Å². The van der Waals surface area contributed by atoms with Crippen molar-refractivity contribution in [1.29, 1.82) is 0 Å². The Bertz CT molecular complexity index is 678. The van der Waals surface area contributed by atoms with Crippen LogP contribution in [0.15, 0.2) is 28.7 Å². The van der Waals surface area contributed by atoms with Crippen LogP contribution in [0.4, 0.5) is 4.39 Å². The first-order valence-electron chi connectivity index (χ1n) is 7.98. The number of halogens is 1. The molecule has 122 valence electrons. The van der Waals surface area contributed by atoms with E-state index in [1.165, 1.54) is 6.07 Å². The summed E-state index contributed by atoms with van der Waals surface area (Å²) in [6.07, 6.45) is 2.84. The fourth-order valence-corrected chi connectivity index (χ4v) is 2.73. The van der Waals surface area contributed by atoms with Crippen LogP contribution in [0.2, 0.25) is 0 Å². The Hall–Kier alpha value is -2.24. The van der Waals surface area contributed by atoms with Crippen molar-refractivity contribution < 1.29 is 13.6 Å². The van der Waals surface area contributed by atoms with Crippen LogP contribution in [0, 0.1) is 11.7 Å². The van der Waals surface area contributed by atoms with Gasteiger partial charge in [0, 0.05) is 25.9 Å². The molecule has 1 fully saturated rings. The van der Waals surface area contributed by atoms with Gasteiger partial charge in [-0.15, -0.1) is 10.2 Å². The van der Waals surface area contributed by atoms with E-state index in [9.17, 15) is 9.18 Å². The lowest BCUT2D eigenvalue weighted by molar-refractivity contribution is -0.132. The molecule has 2 aromatic rings. The molecule has 5 nitrogen and oxygen atoms in total. The molecule has 0 saturated carbocycles. The molecule has 1 aliphatic heterocycles. The number of hydrogen-bond donors (Lipinski definition) is 0. The van der Waals surface area contributed by atoms with E-state index in [2.05, 4.69) is 17.1 Å². The predicted octanol–water partition coefficient (Wildman–Crippen LogP) is 3.07. The molecular formula is C17H20FN3O2. The smallest absolute Gasteiger partial charge is 0.250 e. The van der Waals surface area contributed by atoms with Crippen molar-refractivity contribution in [2.24, 2.45) is 5.92 Å². The van der Waals surface area contributed by atoms with E-state index in [0.29, 0.717) is 24.7 Å². The zero-order chi connectivity index (χ0) is 16.2. The summed E-state index contributed by atoms with van der Waals surface area (Å²) in [6.45, 7) is 3.86. The molecule has 0 spiro atoms. The second-order valence-corrected chi connectivity index (χ2v) is 6.04. The molecule has 0 unspecified atom stereocenters. The summed E-state index contributed by atoms with van der Waals surface area (Å²) in [7, 11) is 0. The van der Waals surface area contributed by atoms with E-state index in [0.717, 1.165) is 25.9 Å². The van der Waals surface area contributed by atoms with E-state index in [-0.39, 0.29) is 17.4 Å². The van der Waals surface area contributed by atoms with Crippen LogP contribution in [0.25, 0.3) is 11.5 Å². The minimum Gasteiger partial charge on any atom is -0.421 e. The highest BCUT2D eigenvalue weighted by atomic mass is 19.1. The average Bonchev–Trinajstić information content (AvgIpc) is 3.02. The number of rotatable bonds is 4. The normalized spacial score (nSPS) is 15.8. The van der Waals surface area contributed by atoms with E-state index < -0.39 is 5.82 Å². The van der Waals surface area contributed by atoms with Gasteiger partial charge in [-0.2, -0.15) is 0 Å². The fraction of sp³-hybridized carbons (Fsp3) is 0.471. The van der Waals surface area contributed by atoms with Gasteiger partial charge >= 0.3 is 0 Å². The number of carbonyl (C=O) groups is 1. The van der Waals surface area contributed by atoms with Gasteiger partial charge in [0.05, 0.1) is 5.56 Å².